The highest BCUT2D eigenvalue weighted by molar-refractivity contribution is 7.89. The summed E-state index contributed by atoms with van der Waals surface area (Å²) in [5.41, 5.74) is 0. The van der Waals surface area contributed by atoms with Gasteiger partial charge in [-0.2, -0.15) is 0 Å². The smallest absolute Gasteiger partial charge is 0.317 e. The van der Waals surface area contributed by atoms with Gasteiger partial charge in [-0.25, -0.2) is 13.1 Å². The molecule has 2 N–H and O–H groups in total. The normalized spacial score (nSPS) is 24.6. The number of hydrogen-bond donors (Lipinski definition) is 2. The molecule has 1 rings (SSSR count). The van der Waals surface area contributed by atoms with E-state index in [0.29, 0.717) is 19.4 Å². The fourth-order valence-electron chi connectivity index (χ4n) is 1.99. The van der Waals surface area contributed by atoms with Crippen LogP contribution in [0.5, 0.6) is 0 Å². The number of rotatable bonds is 7. The molecule has 0 aromatic heterocycles. The maximum Gasteiger partial charge on any atom is 0.317 e. The molecular formula is C10H20N2O4S. The van der Waals surface area contributed by atoms with E-state index in [1.807, 2.05) is 11.8 Å². The Kier molecular flexibility index (Phi) is 4.91. The molecular weight excluding hydrogens is 244 g/mol. The van der Waals surface area contributed by atoms with Crippen molar-refractivity contribution in [3.63, 3.8) is 0 Å². The van der Waals surface area contributed by atoms with E-state index in [-0.39, 0.29) is 24.4 Å². The molecule has 100 valence electrons. The molecule has 0 radical (unpaired) electrons. The first-order valence-electron chi connectivity index (χ1n) is 5.83. The van der Waals surface area contributed by atoms with Crippen molar-refractivity contribution in [2.24, 2.45) is 0 Å². The molecule has 0 atom stereocenters. The van der Waals surface area contributed by atoms with Crippen molar-refractivity contribution in [2.45, 2.75) is 38.8 Å². The number of likely N-dealkylation sites (N-methyl/N-ethyl adjacent to an activating group) is 1. The average Bonchev–Trinajstić information content (AvgIpc) is 2.19. The Morgan fingerprint density at radius 1 is 1.41 bits per heavy atom. The van der Waals surface area contributed by atoms with Gasteiger partial charge in [0.25, 0.3) is 0 Å². The predicted octanol–water partition coefficient (Wildman–Crippen LogP) is -0.137. The summed E-state index contributed by atoms with van der Waals surface area (Å²) >= 11 is 0. The third kappa shape index (κ3) is 4.25. The second-order valence-corrected chi connectivity index (χ2v) is 6.34. The van der Waals surface area contributed by atoms with E-state index in [4.69, 9.17) is 5.11 Å². The van der Waals surface area contributed by atoms with Gasteiger partial charge in [-0.15, -0.1) is 0 Å². The Hall–Kier alpha value is -0.660. The minimum absolute atomic E-state index is 0.0222. The maximum absolute atomic E-state index is 11.3. The first kappa shape index (κ1) is 14.4. The van der Waals surface area contributed by atoms with Gasteiger partial charge >= 0.3 is 5.97 Å². The molecule has 0 spiro atoms. The van der Waals surface area contributed by atoms with Gasteiger partial charge in [0.2, 0.25) is 10.0 Å². The molecule has 0 amide bonds. The Bertz CT molecular complexity index is 363. The monoisotopic (exact) mass is 264 g/mol. The summed E-state index contributed by atoms with van der Waals surface area (Å²) in [6, 6.07) is 0.147. The zero-order chi connectivity index (χ0) is 13.1. The summed E-state index contributed by atoms with van der Waals surface area (Å²) in [4.78, 5) is 12.5. The fraction of sp³-hybridized carbons (Fsp3) is 0.900. The van der Waals surface area contributed by atoms with Gasteiger partial charge in [0.05, 0.1) is 12.3 Å². The molecule has 0 aliphatic heterocycles. The maximum atomic E-state index is 11.3. The van der Waals surface area contributed by atoms with Gasteiger partial charge in [-0.05, 0) is 26.3 Å². The predicted molar refractivity (Wildman–Crippen MR) is 64.3 cm³/mol. The van der Waals surface area contributed by atoms with Crippen LogP contribution >= 0.6 is 0 Å². The largest absolute Gasteiger partial charge is 0.480 e. The van der Waals surface area contributed by atoms with Crippen LogP contribution < -0.4 is 4.72 Å². The van der Waals surface area contributed by atoms with Crippen LogP contribution in [0.1, 0.15) is 26.7 Å². The van der Waals surface area contributed by atoms with Crippen LogP contribution in [-0.4, -0.2) is 55.3 Å². The van der Waals surface area contributed by atoms with E-state index >= 15 is 0 Å². The van der Waals surface area contributed by atoms with Gasteiger partial charge < -0.3 is 5.11 Å². The van der Waals surface area contributed by atoms with E-state index in [0.717, 1.165) is 0 Å². The Labute approximate surface area is 102 Å². The summed E-state index contributed by atoms with van der Waals surface area (Å²) in [6.45, 7) is 4.20. The van der Waals surface area contributed by atoms with Crippen molar-refractivity contribution in [3.8, 4) is 0 Å². The lowest BCUT2D eigenvalue weighted by Gasteiger charge is -2.42. The van der Waals surface area contributed by atoms with Crippen LogP contribution in [0.3, 0.4) is 0 Å². The lowest BCUT2D eigenvalue weighted by molar-refractivity contribution is -0.139. The molecule has 17 heavy (non-hydrogen) atoms. The Morgan fingerprint density at radius 2 is 2.00 bits per heavy atom. The molecule has 7 heteroatoms. The van der Waals surface area contributed by atoms with Crippen LogP contribution in [0.2, 0.25) is 0 Å². The summed E-state index contributed by atoms with van der Waals surface area (Å²) < 4.78 is 25.2. The highest BCUT2D eigenvalue weighted by Gasteiger charge is 2.35. The molecule has 0 heterocycles. The summed E-state index contributed by atoms with van der Waals surface area (Å²) in [5, 5.41) is 8.72. The van der Waals surface area contributed by atoms with Crippen LogP contribution in [-0.2, 0) is 14.8 Å². The second-order valence-electron chi connectivity index (χ2n) is 4.30. The molecule has 0 bridgehead atoms. The standard InChI is InChI=1S/C10H20N2O4S/c1-3-12(7-10(13)14)9-5-8(6-9)11-17(15,16)4-2/h8-9,11H,3-7H2,1-2H3,(H,13,14). The zero-order valence-corrected chi connectivity index (χ0v) is 11.0. The van der Waals surface area contributed by atoms with E-state index in [9.17, 15) is 13.2 Å². The lowest BCUT2D eigenvalue weighted by atomic mass is 9.86. The van der Waals surface area contributed by atoms with Crippen molar-refractivity contribution in [1.29, 1.82) is 0 Å². The molecule has 1 aliphatic carbocycles. The minimum Gasteiger partial charge on any atom is -0.480 e. The number of carboxylic acids is 1. The van der Waals surface area contributed by atoms with Gasteiger partial charge in [-0.1, -0.05) is 6.92 Å². The van der Waals surface area contributed by atoms with E-state index < -0.39 is 16.0 Å². The number of carbonyl (C=O) groups is 1. The van der Waals surface area contributed by atoms with Crippen molar-refractivity contribution < 1.29 is 18.3 Å². The first-order chi connectivity index (χ1) is 7.88. The fourth-order valence-corrected chi connectivity index (χ4v) is 2.86. The van der Waals surface area contributed by atoms with Crippen molar-refractivity contribution >= 4 is 16.0 Å². The highest BCUT2D eigenvalue weighted by atomic mass is 32.2. The van der Waals surface area contributed by atoms with Crippen LogP contribution in [0, 0.1) is 0 Å². The third-order valence-corrected chi connectivity index (χ3v) is 4.55. The summed E-state index contributed by atoms with van der Waals surface area (Å²) in [5.74, 6) is -0.759. The molecule has 0 saturated heterocycles. The molecule has 1 aliphatic rings. The van der Waals surface area contributed by atoms with Crippen LogP contribution in [0.4, 0.5) is 0 Å². The molecule has 0 unspecified atom stereocenters. The molecule has 0 aromatic carbocycles. The van der Waals surface area contributed by atoms with E-state index in [1.165, 1.54) is 0 Å². The van der Waals surface area contributed by atoms with E-state index in [1.54, 1.807) is 6.92 Å². The highest BCUT2D eigenvalue weighted by Crippen LogP contribution is 2.26. The van der Waals surface area contributed by atoms with Gasteiger partial charge in [0.1, 0.15) is 0 Å². The number of hydrogen-bond acceptors (Lipinski definition) is 4. The van der Waals surface area contributed by atoms with Crippen molar-refractivity contribution in [3.05, 3.63) is 0 Å². The average molecular weight is 264 g/mol. The van der Waals surface area contributed by atoms with Crippen molar-refractivity contribution in [1.82, 2.24) is 9.62 Å². The molecule has 6 nitrogen and oxygen atoms in total. The molecule has 0 aromatic rings. The third-order valence-electron chi connectivity index (χ3n) is 3.10. The van der Waals surface area contributed by atoms with Gasteiger partial charge in [0, 0.05) is 12.1 Å². The lowest BCUT2D eigenvalue weighted by Crippen LogP contribution is -2.54. The van der Waals surface area contributed by atoms with Crippen molar-refractivity contribution in [2.75, 3.05) is 18.8 Å². The second kappa shape index (κ2) is 5.79. The number of sulfonamides is 1. The number of carboxylic acid groups (broad SMARTS) is 1. The van der Waals surface area contributed by atoms with Crippen LogP contribution in [0.25, 0.3) is 0 Å². The SMILES string of the molecule is CCN(CC(=O)O)C1CC(NS(=O)(=O)CC)C1. The first-order valence-corrected chi connectivity index (χ1v) is 7.49. The quantitative estimate of drug-likeness (QED) is 0.668. The Balaban J connectivity index is 2.37. The number of nitrogens with zero attached hydrogens (tertiary/aromatic N) is 1. The molecule has 1 saturated carbocycles. The summed E-state index contributed by atoms with van der Waals surface area (Å²) in [7, 11) is -3.14. The number of nitrogens with one attached hydrogen (secondary N) is 1. The minimum atomic E-state index is -3.14. The summed E-state index contributed by atoms with van der Waals surface area (Å²) in [6.07, 6.45) is 1.39. The zero-order valence-electron chi connectivity index (χ0n) is 10.2. The number of aliphatic carboxylic acids is 1. The van der Waals surface area contributed by atoms with Gasteiger partial charge in [0.15, 0.2) is 0 Å². The molecule has 1 fully saturated rings. The van der Waals surface area contributed by atoms with Gasteiger partial charge in [-0.3, -0.25) is 9.69 Å². The van der Waals surface area contributed by atoms with Crippen LogP contribution in [0.15, 0.2) is 0 Å². The topological polar surface area (TPSA) is 86.7 Å². The van der Waals surface area contributed by atoms with E-state index in [2.05, 4.69) is 4.72 Å². The Morgan fingerprint density at radius 3 is 2.41 bits per heavy atom.